The van der Waals surface area contributed by atoms with Gasteiger partial charge in [-0.2, -0.15) is 0 Å². The average molecular weight is 272 g/mol. The van der Waals surface area contributed by atoms with Crippen LogP contribution in [0.3, 0.4) is 0 Å². The number of nitrogens with one attached hydrogen (secondary N) is 1. The fraction of sp³-hybridized carbons (Fsp3) is 0.267. The highest BCUT2D eigenvalue weighted by atomic mass is 16.4. The molecule has 104 valence electrons. The minimum Gasteiger partial charge on any atom is -0.481 e. The first kappa shape index (κ1) is 14.0. The molecule has 2 N–H and O–H groups in total. The summed E-state index contributed by atoms with van der Waals surface area (Å²) in [6, 6.07) is 9.27. The highest BCUT2D eigenvalue weighted by Gasteiger charge is 2.10. The summed E-state index contributed by atoms with van der Waals surface area (Å²) in [5.41, 5.74) is 2.04. The lowest BCUT2D eigenvalue weighted by Gasteiger charge is -2.07. The molecule has 0 bridgehead atoms. The Morgan fingerprint density at radius 2 is 2.05 bits per heavy atom. The molecule has 5 heteroatoms. The SMILES string of the molecule is Cc1ccc2cccc(C(=O)NCCCC(=O)O)c2n1. The van der Waals surface area contributed by atoms with Crippen LogP contribution in [0.5, 0.6) is 0 Å². The Labute approximate surface area is 116 Å². The van der Waals surface area contributed by atoms with Gasteiger partial charge in [0.05, 0.1) is 11.1 Å². The second-order valence-electron chi connectivity index (χ2n) is 4.58. The van der Waals surface area contributed by atoms with Crippen molar-refractivity contribution in [3.63, 3.8) is 0 Å². The molecule has 0 atom stereocenters. The van der Waals surface area contributed by atoms with E-state index >= 15 is 0 Å². The monoisotopic (exact) mass is 272 g/mol. The van der Waals surface area contributed by atoms with E-state index in [1.807, 2.05) is 31.2 Å². The summed E-state index contributed by atoms with van der Waals surface area (Å²) in [6.45, 7) is 2.22. The Hall–Kier alpha value is -2.43. The molecule has 0 aliphatic heterocycles. The van der Waals surface area contributed by atoms with Gasteiger partial charge in [0.15, 0.2) is 0 Å². The van der Waals surface area contributed by atoms with Gasteiger partial charge in [0.1, 0.15) is 0 Å². The molecule has 0 spiro atoms. The number of fused-ring (bicyclic) bond motifs is 1. The number of hydrogen-bond acceptors (Lipinski definition) is 3. The molecule has 2 aromatic rings. The standard InChI is InChI=1S/C15H16N2O3/c1-10-7-8-11-4-2-5-12(14(11)17-10)15(20)16-9-3-6-13(18)19/h2,4-5,7-8H,3,6,9H2,1H3,(H,16,20)(H,18,19). The number of rotatable bonds is 5. The maximum atomic E-state index is 12.1. The van der Waals surface area contributed by atoms with Crippen LogP contribution in [0.15, 0.2) is 30.3 Å². The van der Waals surface area contributed by atoms with E-state index in [0.717, 1.165) is 11.1 Å². The van der Waals surface area contributed by atoms with Gasteiger partial charge in [-0.15, -0.1) is 0 Å². The van der Waals surface area contributed by atoms with Crippen LogP contribution in [-0.2, 0) is 4.79 Å². The number of aryl methyl sites for hydroxylation is 1. The summed E-state index contributed by atoms with van der Waals surface area (Å²) >= 11 is 0. The first-order chi connectivity index (χ1) is 9.58. The van der Waals surface area contributed by atoms with Crippen molar-refractivity contribution < 1.29 is 14.7 Å². The van der Waals surface area contributed by atoms with Gasteiger partial charge < -0.3 is 10.4 Å². The third kappa shape index (κ3) is 3.32. The fourth-order valence-corrected chi connectivity index (χ4v) is 1.96. The minimum absolute atomic E-state index is 0.0488. The summed E-state index contributed by atoms with van der Waals surface area (Å²) in [7, 11) is 0. The topological polar surface area (TPSA) is 79.3 Å². The molecular weight excluding hydrogens is 256 g/mol. The lowest BCUT2D eigenvalue weighted by Crippen LogP contribution is -2.25. The third-order valence-corrected chi connectivity index (χ3v) is 2.96. The Kier molecular flexibility index (Phi) is 4.30. The summed E-state index contributed by atoms with van der Waals surface area (Å²) in [6.07, 6.45) is 0.464. The van der Waals surface area contributed by atoms with Crippen molar-refractivity contribution in [2.24, 2.45) is 0 Å². The van der Waals surface area contributed by atoms with Crippen LogP contribution in [0.25, 0.3) is 10.9 Å². The van der Waals surface area contributed by atoms with Gasteiger partial charge in [0, 0.05) is 24.0 Å². The van der Waals surface area contributed by atoms with Gasteiger partial charge in [0.2, 0.25) is 0 Å². The molecule has 1 aromatic carbocycles. The summed E-state index contributed by atoms with van der Waals surface area (Å²) in [4.78, 5) is 26.9. The lowest BCUT2D eigenvalue weighted by atomic mass is 10.1. The number of aliphatic carboxylic acids is 1. The third-order valence-electron chi connectivity index (χ3n) is 2.96. The maximum Gasteiger partial charge on any atom is 0.303 e. The van der Waals surface area contributed by atoms with Crippen LogP contribution in [-0.4, -0.2) is 28.5 Å². The largest absolute Gasteiger partial charge is 0.481 e. The van der Waals surface area contributed by atoms with Crippen molar-refractivity contribution in [2.75, 3.05) is 6.54 Å². The maximum absolute atomic E-state index is 12.1. The van der Waals surface area contributed by atoms with Crippen LogP contribution in [0, 0.1) is 6.92 Å². The Balaban J connectivity index is 2.13. The minimum atomic E-state index is -0.860. The summed E-state index contributed by atoms with van der Waals surface area (Å²) in [5.74, 6) is -1.08. The van der Waals surface area contributed by atoms with E-state index in [0.29, 0.717) is 24.0 Å². The zero-order valence-corrected chi connectivity index (χ0v) is 11.2. The van der Waals surface area contributed by atoms with E-state index in [4.69, 9.17) is 5.11 Å². The number of pyridine rings is 1. The average Bonchev–Trinajstić information content (AvgIpc) is 2.42. The van der Waals surface area contributed by atoms with Crippen LogP contribution >= 0.6 is 0 Å². The molecule has 0 aliphatic rings. The van der Waals surface area contributed by atoms with Crippen molar-refractivity contribution >= 4 is 22.8 Å². The van der Waals surface area contributed by atoms with Crippen molar-refractivity contribution in [3.8, 4) is 0 Å². The van der Waals surface area contributed by atoms with Gasteiger partial charge in [-0.1, -0.05) is 18.2 Å². The highest BCUT2D eigenvalue weighted by Crippen LogP contribution is 2.17. The van der Waals surface area contributed by atoms with Gasteiger partial charge in [-0.3, -0.25) is 14.6 Å². The van der Waals surface area contributed by atoms with Crippen LogP contribution in [0.1, 0.15) is 28.9 Å². The number of carboxylic acid groups (broad SMARTS) is 1. The van der Waals surface area contributed by atoms with Gasteiger partial charge in [0.25, 0.3) is 5.91 Å². The molecule has 0 aliphatic carbocycles. The number of carboxylic acids is 1. The Morgan fingerprint density at radius 1 is 1.25 bits per heavy atom. The quantitative estimate of drug-likeness (QED) is 0.817. The predicted molar refractivity (Wildman–Crippen MR) is 75.7 cm³/mol. The number of para-hydroxylation sites is 1. The molecular formula is C15H16N2O3. The van der Waals surface area contributed by atoms with E-state index < -0.39 is 5.97 Å². The van der Waals surface area contributed by atoms with Crippen molar-refractivity contribution in [2.45, 2.75) is 19.8 Å². The normalized spacial score (nSPS) is 10.4. The molecule has 0 fully saturated rings. The van der Waals surface area contributed by atoms with Gasteiger partial charge >= 0.3 is 5.97 Å². The van der Waals surface area contributed by atoms with Crippen molar-refractivity contribution in [1.29, 1.82) is 0 Å². The second kappa shape index (κ2) is 6.14. The molecule has 2 rings (SSSR count). The zero-order chi connectivity index (χ0) is 14.5. The van der Waals surface area contributed by atoms with E-state index in [-0.39, 0.29) is 12.3 Å². The molecule has 0 unspecified atom stereocenters. The number of carbonyl (C=O) groups excluding carboxylic acids is 1. The Morgan fingerprint density at radius 3 is 2.80 bits per heavy atom. The van der Waals surface area contributed by atoms with E-state index in [2.05, 4.69) is 10.3 Å². The number of carbonyl (C=O) groups is 2. The highest BCUT2D eigenvalue weighted by molar-refractivity contribution is 6.05. The zero-order valence-electron chi connectivity index (χ0n) is 11.2. The number of benzene rings is 1. The molecule has 1 aromatic heterocycles. The van der Waals surface area contributed by atoms with Crippen molar-refractivity contribution in [1.82, 2.24) is 10.3 Å². The predicted octanol–water partition coefficient (Wildman–Crippen LogP) is 2.14. The smallest absolute Gasteiger partial charge is 0.303 e. The fourth-order valence-electron chi connectivity index (χ4n) is 1.96. The number of hydrogen-bond donors (Lipinski definition) is 2. The Bertz CT molecular complexity index is 653. The number of amides is 1. The van der Waals surface area contributed by atoms with Crippen molar-refractivity contribution in [3.05, 3.63) is 41.6 Å². The van der Waals surface area contributed by atoms with E-state index in [1.54, 1.807) is 6.07 Å². The van der Waals surface area contributed by atoms with E-state index in [1.165, 1.54) is 0 Å². The van der Waals surface area contributed by atoms with Crippen LogP contribution in [0.2, 0.25) is 0 Å². The number of aromatic nitrogens is 1. The first-order valence-corrected chi connectivity index (χ1v) is 6.44. The molecule has 1 heterocycles. The second-order valence-corrected chi connectivity index (χ2v) is 4.58. The van der Waals surface area contributed by atoms with Gasteiger partial charge in [-0.05, 0) is 25.5 Å². The first-order valence-electron chi connectivity index (χ1n) is 6.44. The molecule has 20 heavy (non-hydrogen) atoms. The molecule has 0 radical (unpaired) electrons. The lowest BCUT2D eigenvalue weighted by molar-refractivity contribution is -0.137. The molecule has 1 amide bonds. The van der Waals surface area contributed by atoms with Gasteiger partial charge in [-0.25, -0.2) is 0 Å². The van der Waals surface area contributed by atoms with E-state index in [9.17, 15) is 9.59 Å². The molecule has 0 saturated carbocycles. The molecule has 0 saturated heterocycles. The van der Waals surface area contributed by atoms with Crippen LogP contribution < -0.4 is 5.32 Å². The summed E-state index contributed by atoms with van der Waals surface area (Å²) < 4.78 is 0. The van der Waals surface area contributed by atoms with Crippen LogP contribution in [0.4, 0.5) is 0 Å². The molecule has 5 nitrogen and oxygen atoms in total. The number of nitrogens with zero attached hydrogens (tertiary/aromatic N) is 1. The summed E-state index contributed by atoms with van der Waals surface area (Å²) in [5, 5.41) is 12.2.